The van der Waals surface area contributed by atoms with Gasteiger partial charge >= 0.3 is 0 Å². The molecule has 0 heterocycles. The first-order valence-electron chi connectivity index (χ1n) is 13.0. The third kappa shape index (κ3) is 2.79. The molecule has 0 N–H and O–H groups in total. The lowest BCUT2D eigenvalue weighted by molar-refractivity contribution is 0.0890. The van der Waals surface area contributed by atoms with Crippen molar-refractivity contribution in [2.24, 2.45) is 0 Å². The Balaban J connectivity index is 0.000000575. The molecule has 0 spiro atoms. The molecule has 0 saturated heterocycles. The smallest absolute Gasteiger partial charge is 0.171 e. The van der Waals surface area contributed by atoms with Gasteiger partial charge in [-0.2, -0.15) is 0 Å². The van der Waals surface area contributed by atoms with Crippen LogP contribution < -0.4 is 0 Å². The summed E-state index contributed by atoms with van der Waals surface area (Å²) < 4.78 is 0. The molecule has 2 nitrogen and oxygen atoms in total. The number of hydrogen-bond acceptors (Lipinski definition) is 2. The molecule has 6 aromatic rings. The third-order valence-corrected chi connectivity index (χ3v) is 7.60. The molecule has 0 aliphatic heterocycles. The standard InChI is InChI=1S/C30H16O2.2C2H6/c31-25-14-26(32)24-12-10-22-20-8-7-18-17-4-2-1-3-15(17)13-16-5-6-19(28(20)27(16)18)21-9-11-23(25)30(24)29(21)22;2*1-2/h1-12H,13-14H2;2*1-2H3. The van der Waals surface area contributed by atoms with Gasteiger partial charge in [-0.05, 0) is 66.4 Å². The van der Waals surface area contributed by atoms with E-state index in [-0.39, 0.29) is 18.0 Å². The van der Waals surface area contributed by atoms with E-state index in [4.69, 9.17) is 0 Å². The highest BCUT2D eigenvalue weighted by atomic mass is 16.1. The molecule has 0 fully saturated rings. The minimum Gasteiger partial charge on any atom is -0.294 e. The Kier molecular flexibility index (Phi) is 5.15. The number of carbonyl (C=O) groups excluding carboxylic acids is 2. The topological polar surface area (TPSA) is 34.1 Å². The zero-order valence-corrected chi connectivity index (χ0v) is 21.2. The van der Waals surface area contributed by atoms with Crippen LogP contribution in [0.1, 0.15) is 66.0 Å². The van der Waals surface area contributed by atoms with Gasteiger partial charge in [0.05, 0.1) is 6.42 Å². The molecular weight excluding hydrogens is 440 g/mol. The van der Waals surface area contributed by atoms with Crippen LogP contribution in [0.2, 0.25) is 0 Å². The highest BCUT2D eigenvalue weighted by Crippen LogP contribution is 2.48. The zero-order valence-electron chi connectivity index (χ0n) is 21.2. The van der Waals surface area contributed by atoms with Gasteiger partial charge in [-0.15, -0.1) is 0 Å². The highest BCUT2D eigenvalue weighted by Gasteiger charge is 2.29. The Morgan fingerprint density at radius 1 is 0.417 bits per heavy atom. The van der Waals surface area contributed by atoms with Crippen LogP contribution in [0.3, 0.4) is 0 Å². The van der Waals surface area contributed by atoms with Crippen LogP contribution in [0.15, 0.2) is 72.8 Å². The highest BCUT2D eigenvalue weighted by molar-refractivity contribution is 6.39. The van der Waals surface area contributed by atoms with E-state index >= 15 is 0 Å². The molecular formula is C34H28O2. The molecule has 0 amide bonds. The van der Waals surface area contributed by atoms with E-state index in [1.165, 1.54) is 43.8 Å². The number of carbonyl (C=O) groups is 2. The Morgan fingerprint density at radius 2 is 0.917 bits per heavy atom. The summed E-state index contributed by atoms with van der Waals surface area (Å²) in [7, 11) is 0. The summed E-state index contributed by atoms with van der Waals surface area (Å²) in [6.45, 7) is 8.00. The van der Waals surface area contributed by atoms with Crippen molar-refractivity contribution < 1.29 is 9.59 Å². The van der Waals surface area contributed by atoms with Crippen LogP contribution >= 0.6 is 0 Å². The Bertz CT molecular complexity index is 1790. The van der Waals surface area contributed by atoms with E-state index in [2.05, 4.69) is 60.7 Å². The van der Waals surface area contributed by atoms with Gasteiger partial charge in [0.2, 0.25) is 0 Å². The molecule has 0 bridgehead atoms. The monoisotopic (exact) mass is 468 g/mol. The van der Waals surface area contributed by atoms with Crippen molar-refractivity contribution in [2.45, 2.75) is 40.5 Å². The van der Waals surface area contributed by atoms with Crippen molar-refractivity contribution in [1.82, 2.24) is 0 Å². The van der Waals surface area contributed by atoms with Crippen molar-refractivity contribution in [2.75, 3.05) is 0 Å². The van der Waals surface area contributed by atoms with Gasteiger partial charge in [-0.3, -0.25) is 9.59 Å². The van der Waals surface area contributed by atoms with Crippen LogP contribution in [0.4, 0.5) is 0 Å². The second-order valence-electron chi connectivity index (χ2n) is 9.11. The van der Waals surface area contributed by atoms with Gasteiger partial charge in [0.15, 0.2) is 11.6 Å². The van der Waals surface area contributed by atoms with Gasteiger partial charge in [-0.25, -0.2) is 0 Å². The summed E-state index contributed by atoms with van der Waals surface area (Å²) in [5, 5.41) is 9.15. The predicted molar refractivity (Wildman–Crippen MR) is 152 cm³/mol. The third-order valence-electron chi connectivity index (χ3n) is 7.60. The number of benzene rings is 6. The maximum Gasteiger partial charge on any atom is 0.171 e. The normalized spacial score (nSPS) is 13.4. The number of hydrogen-bond donors (Lipinski definition) is 0. The summed E-state index contributed by atoms with van der Waals surface area (Å²) in [4.78, 5) is 25.4. The van der Waals surface area contributed by atoms with Crippen LogP contribution in [0.25, 0.3) is 54.2 Å². The molecule has 176 valence electrons. The molecule has 6 aromatic carbocycles. The zero-order chi connectivity index (χ0) is 25.1. The van der Waals surface area contributed by atoms with E-state index in [0.717, 1.165) is 28.0 Å². The molecule has 8 rings (SSSR count). The number of ketones is 2. The van der Waals surface area contributed by atoms with Crippen molar-refractivity contribution in [3.8, 4) is 11.1 Å². The van der Waals surface area contributed by atoms with E-state index in [0.29, 0.717) is 11.1 Å². The van der Waals surface area contributed by atoms with E-state index < -0.39 is 0 Å². The van der Waals surface area contributed by atoms with E-state index in [1.807, 2.05) is 39.8 Å². The second kappa shape index (κ2) is 8.27. The summed E-state index contributed by atoms with van der Waals surface area (Å²) in [6.07, 6.45) is 0.908. The fraction of sp³-hybridized carbons (Fsp3) is 0.176. The summed E-state index contributed by atoms with van der Waals surface area (Å²) >= 11 is 0. The molecule has 0 aromatic heterocycles. The van der Waals surface area contributed by atoms with E-state index in [9.17, 15) is 9.59 Å². The van der Waals surface area contributed by atoms with E-state index in [1.54, 1.807) is 0 Å². The first-order chi connectivity index (χ1) is 17.7. The minimum absolute atomic E-state index is 0.0287. The molecule has 36 heavy (non-hydrogen) atoms. The molecule has 0 saturated carbocycles. The van der Waals surface area contributed by atoms with Crippen LogP contribution in [-0.2, 0) is 6.42 Å². The maximum absolute atomic E-state index is 12.7. The Hall–Kier alpha value is -4.04. The lowest BCUT2D eigenvalue weighted by atomic mass is 9.78. The van der Waals surface area contributed by atoms with Gasteiger partial charge in [0, 0.05) is 16.5 Å². The fourth-order valence-corrected chi connectivity index (χ4v) is 6.28. The lowest BCUT2D eigenvalue weighted by Crippen LogP contribution is -2.16. The Morgan fingerprint density at radius 3 is 1.53 bits per heavy atom. The largest absolute Gasteiger partial charge is 0.294 e. The van der Waals surface area contributed by atoms with Crippen molar-refractivity contribution in [3.05, 3.63) is 95.1 Å². The quantitative estimate of drug-likeness (QED) is 0.126. The van der Waals surface area contributed by atoms with Gasteiger partial charge < -0.3 is 0 Å². The maximum atomic E-state index is 12.7. The van der Waals surface area contributed by atoms with Crippen molar-refractivity contribution in [3.63, 3.8) is 0 Å². The number of rotatable bonds is 0. The average molecular weight is 469 g/mol. The molecule has 0 radical (unpaired) electrons. The predicted octanol–water partition coefficient (Wildman–Crippen LogP) is 9.13. The molecule has 0 unspecified atom stereocenters. The van der Waals surface area contributed by atoms with Gasteiger partial charge in [0.25, 0.3) is 0 Å². The van der Waals surface area contributed by atoms with Gasteiger partial charge in [-0.1, -0.05) is 100 Å². The summed E-state index contributed by atoms with van der Waals surface area (Å²) in [5.41, 5.74) is 6.71. The second-order valence-corrected chi connectivity index (χ2v) is 9.11. The van der Waals surface area contributed by atoms with Crippen molar-refractivity contribution in [1.29, 1.82) is 0 Å². The minimum atomic E-state index is -0.0705. The molecule has 2 heteroatoms. The summed E-state index contributed by atoms with van der Waals surface area (Å²) in [5.74, 6) is -0.141. The average Bonchev–Trinajstić information content (AvgIpc) is 2.94. The Labute approximate surface area is 210 Å². The first-order valence-corrected chi connectivity index (χ1v) is 13.0. The van der Waals surface area contributed by atoms with Crippen molar-refractivity contribution >= 4 is 54.7 Å². The molecule has 0 atom stereocenters. The number of Topliss-reactive ketones (excluding diaryl/α,β-unsaturated/α-hetero) is 2. The SMILES string of the molecule is CC.CC.O=C1CC(=O)c2ccc3c4ccc5c6c(ccc(c7ccc1c2c73)c64)Cc1ccccc1-5. The molecule has 2 aliphatic carbocycles. The number of fused-ring (bicyclic) bond motifs is 4. The van der Waals surface area contributed by atoms with Gasteiger partial charge in [0.1, 0.15) is 0 Å². The first kappa shape index (κ1) is 22.4. The van der Waals surface area contributed by atoms with Crippen LogP contribution in [-0.4, -0.2) is 11.6 Å². The van der Waals surface area contributed by atoms with Crippen LogP contribution in [0.5, 0.6) is 0 Å². The lowest BCUT2D eigenvalue weighted by Gasteiger charge is -2.25. The summed E-state index contributed by atoms with van der Waals surface area (Å²) in [6, 6.07) is 25.7. The molecule has 2 aliphatic rings. The fourth-order valence-electron chi connectivity index (χ4n) is 6.28. The van der Waals surface area contributed by atoms with Crippen LogP contribution in [0, 0.1) is 0 Å².